The lowest BCUT2D eigenvalue weighted by molar-refractivity contribution is -0.116. The third-order valence-electron chi connectivity index (χ3n) is 5.73. The van der Waals surface area contributed by atoms with E-state index in [1.165, 1.54) is 10.4 Å². The second-order valence-corrected chi connectivity index (χ2v) is 10.1. The van der Waals surface area contributed by atoms with Crippen molar-refractivity contribution < 1.29 is 22.0 Å². The number of anilines is 1. The third-order valence-corrected chi connectivity index (χ3v) is 7.62. The number of aryl methyl sites for hydroxylation is 2. The van der Waals surface area contributed by atoms with E-state index in [0.29, 0.717) is 37.0 Å². The molecule has 2 aromatic carbocycles. The number of amides is 1. The molecule has 0 radical (unpaired) electrons. The number of hydrogen-bond donors (Lipinski definition) is 1. The molecule has 1 fully saturated rings. The van der Waals surface area contributed by atoms with Gasteiger partial charge in [-0.25, -0.2) is 22.2 Å². The van der Waals surface area contributed by atoms with E-state index in [9.17, 15) is 22.0 Å². The summed E-state index contributed by atoms with van der Waals surface area (Å²) in [6.07, 6.45) is 2.89. The van der Waals surface area contributed by atoms with Crippen LogP contribution in [0.3, 0.4) is 0 Å². The fourth-order valence-corrected chi connectivity index (χ4v) is 5.63. The number of nitrogens with zero attached hydrogens (tertiary/aromatic N) is 3. The first kappa shape index (κ1) is 23.3. The molecule has 176 valence electrons. The Bertz CT molecular complexity index is 1280. The van der Waals surface area contributed by atoms with E-state index in [0.717, 1.165) is 30.8 Å². The highest BCUT2D eigenvalue weighted by Gasteiger charge is 2.28. The fraction of sp³-hybridized carbons (Fsp3) is 0.391. The SMILES string of the molecule is CCCn1c(CCC(=O)Nc2ccc(F)cc2F)nc2cc(S(=O)(=O)N3CCCC3)ccc21. The lowest BCUT2D eigenvalue weighted by Gasteiger charge is -2.15. The molecule has 1 aliphatic rings. The Morgan fingerprint density at radius 3 is 2.58 bits per heavy atom. The zero-order valence-corrected chi connectivity index (χ0v) is 19.2. The minimum Gasteiger partial charge on any atom is -0.328 e. The molecule has 1 aliphatic heterocycles. The first-order valence-corrected chi connectivity index (χ1v) is 12.5. The normalized spacial score (nSPS) is 14.8. The van der Waals surface area contributed by atoms with Crippen LogP contribution in [-0.2, 0) is 27.8 Å². The third kappa shape index (κ3) is 4.91. The molecule has 33 heavy (non-hydrogen) atoms. The molecule has 1 N–H and O–H groups in total. The maximum atomic E-state index is 13.8. The smallest absolute Gasteiger partial charge is 0.243 e. The molecule has 4 rings (SSSR count). The molecule has 7 nitrogen and oxygen atoms in total. The van der Waals surface area contributed by atoms with Crippen LogP contribution in [0.1, 0.15) is 38.4 Å². The lowest BCUT2D eigenvalue weighted by atomic mass is 10.2. The highest BCUT2D eigenvalue weighted by Crippen LogP contribution is 2.26. The van der Waals surface area contributed by atoms with Gasteiger partial charge in [-0.1, -0.05) is 6.92 Å². The summed E-state index contributed by atoms with van der Waals surface area (Å²) in [5.41, 5.74) is 1.28. The number of benzene rings is 2. The van der Waals surface area contributed by atoms with Crippen molar-refractivity contribution in [3.05, 3.63) is 53.9 Å². The van der Waals surface area contributed by atoms with Crippen LogP contribution in [0.15, 0.2) is 41.3 Å². The summed E-state index contributed by atoms with van der Waals surface area (Å²) < 4.78 is 56.2. The zero-order chi connectivity index (χ0) is 23.6. The zero-order valence-electron chi connectivity index (χ0n) is 18.4. The van der Waals surface area contributed by atoms with E-state index in [4.69, 9.17) is 0 Å². The van der Waals surface area contributed by atoms with Crippen molar-refractivity contribution in [1.82, 2.24) is 13.9 Å². The molecule has 10 heteroatoms. The molecule has 0 bridgehead atoms. The Balaban J connectivity index is 1.55. The Morgan fingerprint density at radius 1 is 1.12 bits per heavy atom. The monoisotopic (exact) mass is 476 g/mol. The van der Waals surface area contributed by atoms with Crippen LogP contribution in [0.25, 0.3) is 11.0 Å². The lowest BCUT2D eigenvalue weighted by Crippen LogP contribution is -2.27. The number of imidazole rings is 1. The number of sulfonamides is 1. The summed E-state index contributed by atoms with van der Waals surface area (Å²) in [7, 11) is -3.56. The van der Waals surface area contributed by atoms with Gasteiger partial charge in [-0.15, -0.1) is 0 Å². The second-order valence-electron chi connectivity index (χ2n) is 8.11. The fourth-order valence-electron chi connectivity index (χ4n) is 4.09. The van der Waals surface area contributed by atoms with Gasteiger partial charge in [0.1, 0.15) is 17.5 Å². The van der Waals surface area contributed by atoms with Crippen LogP contribution >= 0.6 is 0 Å². The van der Waals surface area contributed by atoms with Crippen LogP contribution in [0, 0.1) is 11.6 Å². The summed E-state index contributed by atoms with van der Waals surface area (Å²) >= 11 is 0. The second kappa shape index (κ2) is 9.56. The average Bonchev–Trinajstić information content (AvgIpc) is 3.43. The predicted octanol–water partition coefficient (Wildman–Crippen LogP) is 4.08. The molecular weight excluding hydrogens is 450 g/mol. The number of halogens is 2. The molecule has 0 aliphatic carbocycles. The van der Waals surface area contributed by atoms with Crippen molar-refractivity contribution in [1.29, 1.82) is 0 Å². The van der Waals surface area contributed by atoms with E-state index in [-0.39, 0.29) is 23.4 Å². The van der Waals surface area contributed by atoms with Crippen LogP contribution in [-0.4, -0.2) is 41.3 Å². The Labute approximate surface area is 191 Å². The van der Waals surface area contributed by atoms with Gasteiger partial charge in [0.15, 0.2) is 0 Å². The van der Waals surface area contributed by atoms with Crippen molar-refractivity contribution in [3.8, 4) is 0 Å². The van der Waals surface area contributed by atoms with Gasteiger partial charge in [0.05, 0.1) is 21.6 Å². The molecular formula is C23H26F2N4O3S. The van der Waals surface area contributed by atoms with Crippen LogP contribution in [0.4, 0.5) is 14.5 Å². The van der Waals surface area contributed by atoms with Gasteiger partial charge in [-0.05, 0) is 49.6 Å². The van der Waals surface area contributed by atoms with Gasteiger partial charge in [-0.2, -0.15) is 4.31 Å². The molecule has 3 aromatic rings. The number of aromatic nitrogens is 2. The number of nitrogens with one attached hydrogen (secondary N) is 1. The molecule has 0 spiro atoms. The topological polar surface area (TPSA) is 84.3 Å². The van der Waals surface area contributed by atoms with Crippen LogP contribution in [0.5, 0.6) is 0 Å². The first-order valence-electron chi connectivity index (χ1n) is 11.0. The number of fused-ring (bicyclic) bond motifs is 1. The summed E-state index contributed by atoms with van der Waals surface area (Å²) in [5.74, 6) is -1.33. The maximum absolute atomic E-state index is 13.8. The molecule has 1 saturated heterocycles. The Morgan fingerprint density at radius 2 is 1.88 bits per heavy atom. The summed E-state index contributed by atoms with van der Waals surface area (Å²) in [6, 6.07) is 7.93. The largest absolute Gasteiger partial charge is 0.328 e. The van der Waals surface area contributed by atoms with Gasteiger partial charge in [-0.3, -0.25) is 4.79 Å². The van der Waals surface area contributed by atoms with Crippen LogP contribution < -0.4 is 5.32 Å². The van der Waals surface area contributed by atoms with Crippen molar-refractivity contribution in [2.75, 3.05) is 18.4 Å². The van der Waals surface area contributed by atoms with Crippen LogP contribution in [0.2, 0.25) is 0 Å². The summed E-state index contributed by atoms with van der Waals surface area (Å²) in [5, 5.41) is 2.45. The van der Waals surface area contributed by atoms with E-state index in [1.807, 2.05) is 11.5 Å². The molecule has 0 saturated carbocycles. The van der Waals surface area contributed by atoms with Gasteiger partial charge in [0.2, 0.25) is 15.9 Å². The Hall–Kier alpha value is -2.85. The van der Waals surface area contributed by atoms with Crippen molar-refractivity contribution >= 4 is 32.7 Å². The van der Waals surface area contributed by atoms with E-state index in [1.54, 1.807) is 18.2 Å². The first-order chi connectivity index (χ1) is 15.8. The van der Waals surface area contributed by atoms with E-state index >= 15 is 0 Å². The standard InChI is InChI=1S/C23H26F2N4O3S/c1-2-11-29-21-8-6-17(33(31,32)28-12-3-4-13-28)15-20(21)26-22(29)9-10-23(30)27-19-7-5-16(24)14-18(19)25/h5-8,14-15H,2-4,9-13H2,1H3,(H,27,30). The Kier molecular flexibility index (Phi) is 6.76. The molecule has 0 atom stereocenters. The minimum absolute atomic E-state index is 0.0444. The predicted molar refractivity (Wildman–Crippen MR) is 121 cm³/mol. The van der Waals surface area contributed by atoms with E-state index in [2.05, 4.69) is 10.3 Å². The number of carbonyl (C=O) groups excluding carboxylic acids is 1. The van der Waals surface area contributed by atoms with Gasteiger partial charge < -0.3 is 9.88 Å². The minimum atomic E-state index is -3.56. The molecule has 0 unspecified atom stereocenters. The number of rotatable bonds is 8. The number of hydrogen-bond acceptors (Lipinski definition) is 4. The van der Waals surface area contributed by atoms with Gasteiger partial charge in [0.25, 0.3) is 0 Å². The quantitative estimate of drug-likeness (QED) is 0.531. The maximum Gasteiger partial charge on any atom is 0.243 e. The molecule has 1 aromatic heterocycles. The average molecular weight is 477 g/mol. The summed E-state index contributed by atoms with van der Waals surface area (Å²) in [4.78, 5) is 17.2. The number of carbonyl (C=O) groups is 1. The highest BCUT2D eigenvalue weighted by molar-refractivity contribution is 7.89. The summed E-state index contributed by atoms with van der Waals surface area (Å²) in [6.45, 7) is 3.74. The van der Waals surface area contributed by atoms with Crippen molar-refractivity contribution in [2.45, 2.75) is 50.5 Å². The van der Waals surface area contributed by atoms with Gasteiger partial charge in [0, 0.05) is 38.5 Å². The van der Waals surface area contributed by atoms with Crippen molar-refractivity contribution in [3.63, 3.8) is 0 Å². The highest BCUT2D eigenvalue weighted by atomic mass is 32.2. The van der Waals surface area contributed by atoms with Gasteiger partial charge >= 0.3 is 0 Å². The molecule has 1 amide bonds. The van der Waals surface area contributed by atoms with Crippen molar-refractivity contribution in [2.24, 2.45) is 0 Å². The molecule has 2 heterocycles. The van der Waals surface area contributed by atoms with E-state index < -0.39 is 27.6 Å².